The number of amides is 3. The number of anilines is 1. The first-order chi connectivity index (χ1) is 20.2. The summed E-state index contributed by atoms with van der Waals surface area (Å²) < 4.78 is 5.44. The van der Waals surface area contributed by atoms with Crippen LogP contribution >= 0.6 is 11.6 Å². The summed E-state index contributed by atoms with van der Waals surface area (Å²) in [6.45, 7) is 10.1. The number of aliphatic hydroxyl groups excluding tert-OH is 1. The number of ether oxygens (including phenoxy) is 1. The Labute approximate surface area is 257 Å². The highest BCUT2D eigenvalue weighted by molar-refractivity contribution is 6.34. The van der Waals surface area contributed by atoms with Crippen molar-refractivity contribution >= 4 is 35.2 Å². The van der Waals surface area contributed by atoms with Crippen LogP contribution in [0.5, 0.6) is 5.75 Å². The zero-order valence-corrected chi connectivity index (χ0v) is 26.2. The number of hydrogen-bond acceptors (Lipinski definition) is 6. The maximum Gasteiger partial charge on any atom is 0.408 e. The Hall–Kier alpha value is -4.08. The maximum atomic E-state index is 14.4. The zero-order valence-electron chi connectivity index (χ0n) is 25.4. The van der Waals surface area contributed by atoms with Crippen LogP contribution in [0.25, 0.3) is 0 Å². The number of phenols is 1. The van der Waals surface area contributed by atoms with Crippen molar-refractivity contribution in [1.29, 1.82) is 0 Å². The lowest BCUT2D eigenvalue weighted by atomic mass is 9.95. The van der Waals surface area contributed by atoms with Crippen molar-refractivity contribution in [1.82, 2.24) is 10.2 Å². The van der Waals surface area contributed by atoms with E-state index >= 15 is 0 Å². The molecule has 43 heavy (non-hydrogen) atoms. The van der Waals surface area contributed by atoms with Gasteiger partial charge in [0.25, 0.3) is 5.91 Å². The van der Waals surface area contributed by atoms with Crippen molar-refractivity contribution in [2.24, 2.45) is 0 Å². The van der Waals surface area contributed by atoms with E-state index in [1.807, 2.05) is 39.0 Å². The van der Waals surface area contributed by atoms with E-state index in [0.29, 0.717) is 21.8 Å². The fraction of sp³-hybridized carbons (Fsp3) is 0.364. The normalized spacial score (nSPS) is 12.7. The van der Waals surface area contributed by atoms with Gasteiger partial charge in [0.1, 0.15) is 23.4 Å². The molecule has 10 heteroatoms. The molecule has 3 amide bonds. The van der Waals surface area contributed by atoms with Crippen LogP contribution in [0.4, 0.5) is 10.5 Å². The molecule has 3 rings (SSSR count). The lowest BCUT2D eigenvalue weighted by Crippen LogP contribution is -2.54. The standard InChI is InChI=1S/C33H40ClN3O6/c1-20-10-15-25(22(3)18-20)29(30(40)36-28-21(2)8-7-9-26(28)34)37(16-17-38)31(41)27(35-32(42)43-33(4,5)6)19-23-11-13-24(39)14-12-23/h7-15,18,27,29,38-39H,16-17,19H2,1-6H3,(H,35,42)(H,36,40). The van der Waals surface area contributed by atoms with Crippen LogP contribution in [0, 0.1) is 20.8 Å². The maximum absolute atomic E-state index is 14.4. The molecule has 0 radical (unpaired) electrons. The van der Waals surface area contributed by atoms with Crippen LogP contribution in [0.1, 0.15) is 54.6 Å². The topological polar surface area (TPSA) is 128 Å². The lowest BCUT2D eigenvalue weighted by molar-refractivity contribution is -0.141. The number of hydrogen-bond donors (Lipinski definition) is 4. The van der Waals surface area contributed by atoms with Gasteiger partial charge < -0.3 is 30.5 Å². The van der Waals surface area contributed by atoms with Crippen LogP contribution in [0.3, 0.4) is 0 Å². The Kier molecular flexibility index (Phi) is 11.2. The van der Waals surface area contributed by atoms with Crippen molar-refractivity contribution in [3.8, 4) is 5.75 Å². The van der Waals surface area contributed by atoms with Crippen LogP contribution in [0.15, 0.2) is 60.7 Å². The predicted molar refractivity (Wildman–Crippen MR) is 167 cm³/mol. The SMILES string of the molecule is Cc1ccc(C(C(=O)Nc2c(C)cccc2Cl)N(CCO)C(=O)C(Cc2ccc(O)cc2)NC(=O)OC(C)(C)C)c(C)c1. The van der Waals surface area contributed by atoms with E-state index < -0.39 is 42.2 Å². The molecule has 3 aromatic rings. The number of alkyl carbamates (subject to hydrolysis) is 1. The van der Waals surface area contributed by atoms with Gasteiger partial charge >= 0.3 is 6.09 Å². The number of nitrogens with zero attached hydrogens (tertiary/aromatic N) is 1. The average Bonchev–Trinajstić information content (AvgIpc) is 2.91. The van der Waals surface area contributed by atoms with Crippen LogP contribution < -0.4 is 10.6 Å². The molecule has 9 nitrogen and oxygen atoms in total. The number of rotatable bonds is 10. The highest BCUT2D eigenvalue weighted by Gasteiger charge is 2.37. The second-order valence-corrected chi connectivity index (χ2v) is 11.9. The number of aromatic hydroxyl groups is 1. The van der Waals surface area contributed by atoms with Crippen molar-refractivity contribution in [2.75, 3.05) is 18.5 Å². The van der Waals surface area contributed by atoms with Gasteiger partial charge in [-0.1, -0.05) is 59.6 Å². The summed E-state index contributed by atoms with van der Waals surface area (Å²) in [7, 11) is 0. The number of aliphatic hydroxyl groups is 1. The molecule has 2 atom stereocenters. The number of nitrogens with one attached hydrogen (secondary N) is 2. The van der Waals surface area contributed by atoms with Gasteiger partial charge in [0.15, 0.2) is 0 Å². The molecule has 4 N–H and O–H groups in total. The lowest BCUT2D eigenvalue weighted by Gasteiger charge is -2.35. The minimum Gasteiger partial charge on any atom is -0.508 e. The van der Waals surface area contributed by atoms with Gasteiger partial charge in [-0.05, 0) is 82.0 Å². The molecule has 0 fully saturated rings. The summed E-state index contributed by atoms with van der Waals surface area (Å²) in [4.78, 5) is 42.7. The summed E-state index contributed by atoms with van der Waals surface area (Å²) in [6.07, 6.45) is -0.779. The molecule has 0 aromatic heterocycles. The minimum atomic E-state index is -1.18. The molecule has 0 saturated heterocycles. The van der Waals surface area contributed by atoms with E-state index in [0.717, 1.165) is 16.7 Å². The van der Waals surface area contributed by atoms with E-state index in [2.05, 4.69) is 10.6 Å². The van der Waals surface area contributed by atoms with E-state index in [1.165, 1.54) is 17.0 Å². The number of benzene rings is 3. The van der Waals surface area contributed by atoms with Gasteiger partial charge in [0, 0.05) is 13.0 Å². The van der Waals surface area contributed by atoms with Crippen molar-refractivity contribution in [3.05, 3.63) is 93.5 Å². The van der Waals surface area contributed by atoms with E-state index in [1.54, 1.807) is 51.1 Å². The summed E-state index contributed by atoms with van der Waals surface area (Å²) in [5.74, 6) is -1.09. The number of halogens is 1. The summed E-state index contributed by atoms with van der Waals surface area (Å²) >= 11 is 6.43. The van der Waals surface area contributed by atoms with Crippen molar-refractivity contribution < 1.29 is 29.3 Å². The number of carbonyl (C=O) groups excluding carboxylic acids is 3. The average molecular weight is 610 g/mol. The summed E-state index contributed by atoms with van der Waals surface area (Å²) in [5.41, 5.74) is 3.26. The fourth-order valence-electron chi connectivity index (χ4n) is 4.76. The number of aryl methyl sites for hydroxylation is 3. The zero-order chi connectivity index (χ0) is 31.9. The number of carbonyl (C=O) groups is 3. The quantitative estimate of drug-likeness (QED) is 0.237. The molecule has 0 aliphatic heterocycles. The molecular formula is C33H40ClN3O6. The van der Waals surface area contributed by atoms with Gasteiger partial charge in [-0.15, -0.1) is 0 Å². The molecule has 0 aliphatic carbocycles. The molecule has 0 spiro atoms. The molecule has 2 unspecified atom stereocenters. The Morgan fingerprint density at radius 2 is 1.65 bits per heavy atom. The Morgan fingerprint density at radius 3 is 2.23 bits per heavy atom. The smallest absolute Gasteiger partial charge is 0.408 e. The van der Waals surface area contributed by atoms with Gasteiger partial charge in [0.2, 0.25) is 5.91 Å². The molecule has 0 bridgehead atoms. The summed E-state index contributed by atoms with van der Waals surface area (Å²) in [6, 6.07) is 14.6. The predicted octanol–water partition coefficient (Wildman–Crippen LogP) is 5.61. The van der Waals surface area contributed by atoms with E-state index in [9.17, 15) is 24.6 Å². The van der Waals surface area contributed by atoms with Gasteiger partial charge in [-0.25, -0.2) is 4.79 Å². The van der Waals surface area contributed by atoms with Crippen molar-refractivity contribution in [3.63, 3.8) is 0 Å². The first-order valence-electron chi connectivity index (χ1n) is 14.0. The molecule has 0 heterocycles. The largest absolute Gasteiger partial charge is 0.508 e. The third-order valence-corrected chi connectivity index (χ3v) is 7.05. The van der Waals surface area contributed by atoms with Gasteiger partial charge in [-0.3, -0.25) is 9.59 Å². The van der Waals surface area contributed by atoms with Crippen LogP contribution in [-0.2, 0) is 20.7 Å². The Morgan fingerprint density at radius 1 is 0.977 bits per heavy atom. The second kappa shape index (κ2) is 14.4. The Balaban J connectivity index is 2.10. The number of para-hydroxylation sites is 1. The molecule has 230 valence electrons. The van der Waals surface area contributed by atoms with Gasteiger partial charge in [0.05, 0.1) is 17.3 Å². The van der Waals surface area contributed by atoms with Crippen LogP contribution in [-0.4, -0.2) is 57.8 Å². The van der Waals surface area contributed by atoms with Crippen LogP contribution in [0.2, 0.25) is 5.02 Å². The first kappa shape index (κ1) is 33.4. The molecule has 0 saturated carbocycles. The molecule has 3 aromatic carbocycles. The highest BCUT2D eigenvalue weighted by atomic mass is 35.5. The number of phenolic OH excluding ortho intramolecular Hbond substituents is 1. The first-order valence-corrected chi connectivity index (χ1v) is 14.4. The Bertz CT molecular complexity index is 1430. The summed E-state index contributed by atoms with van der Waals surface area (Å²) in [5, 5.41) is 25.7. The highest BCUT2D eigenvalue weighted by Crippen LogP contribution is 2.31. The third-order valence-electron chi connectivity index (χ3n) is 6.74. The molecular weight excluding hydrogens is 570 g/mol. The van der Waals surface area contributed by atoms with E-state index in [4.69, 9.17) is 16.3 Å². The van der Waals surface area contributed by atoms with E-state index in [-0.39, 0.29) is 18.7 Å². The molecule has 0 aliphatic rings. The third kappa shape index (κ3) is 9.20. The second-order valence-electron chi connectivity index (χ2n) is 11.5. The van der Waals surface area contributed by atoms with Crippen molar-refractivity contribution in [2.45, 2.75) is 65.6 Å². The minimum absolute atomic E-state index is 0.0329. The fourth-order valence-corrected chi connectivity index (χ4v) is 5.03. The van der Waals surface area contributed by atoms with Gasteiger partial charge in [-0.2, -0.15) is 0 Å². The monoisotopic (exact) mass is 609 g/mol.